The first kappa shape index (κ1) is 15.6. The second-order valence-electron chi connectivity index (χ2n) is 4.86. The zero-order valence-corrected chi connectivity index (χ0v) is 13.1. The number of anilines is 1. The maximum absolute atomic E-state index is 12.2. The normalized spacial score (nSPS) is 10.4. The van der Waals surface area contributed by atoms with Crippen LogP contribution >= 0.6 is 0 Å². The van der Waals surface area contributed by atoms with Crippen LogP contribution in [0.1, 0.15) is 6.92 Å². The molecule has 0 aliphatic heterocycles. The number of carbonyl (C=O) groups is 1. The van der Waals surface area contributed by atoms with E-state index in [1.807, 2.05) is 19.1 Å². The molecular formula is C16H16N6O2. The highest BCUT2D eigenvalue weighted by Crippen LogP contribution is 2.23. The van der Waals surface area contributed by atoms with E-state index in [9.17, 15) is 4.79 Å². The van der Waals surface area contributed by atoms with Crippen LogP contribution in [0.4, 0.5) is 5.69 Å². The van der Waals surface area contributed by atoms with E-state index in [1.165, 1.54) is 4.80 Å². The van der Waals surface area contributed by atoms with Gasteiger partial charge in [-0.3, -0.25) is 9.78 Å². The number of hydrogen-bond acceptors (Lipinski definition) is 6. The van der Waals surface area contributed by atoms with Gasteiger partial charge < -0.3 is 10.1 Å². The molecule has 0 saturated heterocycles. The van der Waals surface area contributed by atoms with Gasteiger partial charge in [0.2, 0.25) is 11.7 Å². The van der Waals surface area contributed by atoms with Crippen molar-refractivity contribution in [2.75, 3.05) is 11.9 Å². The molecule has 0 bridgehead atoms. The molecule has 3 rings (SSSR count). The second-order valence-corrected chi connectivity index (χ2v) is 4.86. The lowest BCUT2D eigenvalue weighted by Crippen LogP contribution is -2.20. The monoisotopic (exact) mass is 324 g/mol. The molecule has 1 amide bonds. The Bertz CT molecular complexity index is 818. The molecular weight excluding hydrogens is 308 g/mol. The Morgan fingerprint density at radius 3 is 2.79 bits per heavy atom. The van der Waals surface area contributed by atoms with Crippen molar-refractivity contribution in [3.05, 3.63) is 48.8 Å². The van der Waals surface area contributed by atoms with Crippen molar-refractivity contribution < 1.29 is 9.53 Å². The van der Waals surface area contributed by atoms with Gasteiger partial charge in [0.1, 0.15) is 12.3 Å². The van der Waals surface area contributed by atoms with Gasteiger partial charge in [0.15, 0.2) is 0 Å². The molecule has 0 spiro atoms. The predicted octanol–water partition coefficient (Wildman–Crippen LogP) is 1.77. The van der Waals surface area contributed by atoms with Gasteiger partial charge in [0.25, 0.3) is 0 Å². The zero-order valence-electron chi connectivity index (χ0n) is 13.1. The average molecular weight is 324 g/mol. The summed E-state index contributed by atoms with van der Waals surface area (Å²) in [5, 5.41) is 14.8. The molecule has 24 heavy (non-hydrogen) atoms. The van der Waals surface area contributed by atoms with Crippen molar-refractivity contribution in [3.8, 4) is 17.1 Å². The Kier molecular flexibility index (Phi) is 4.76. The maximum Gasteiger partial charge on any atom is 0.248 e. The third-order valence-electron chi connectivity index (χ3n) is 3.14. The number of nitrogens with zero attached hydrogens (tertiary/aromatic N) is 5. The Hall–Kier alpha value is -3.29. The summed E-state index contributed by atoms with van der Waals surface area (Å²) in [5.41, 5.74) is 1.40. The molecule has 122 valence electrons. The fourth-order valence-electron chi connectivity index (χ4n) is 2.10. The molecule has 8 heteroatoms. The van der Waals surface area contributed by atoms with E-state index in [4.69, 9.17) is 4.74 Å². The van der Waals surface area contributed by atoms with Gasteiger partial charge in [0.05, 0.1) is 12.3 Å². The first-order chi connectivity index (χ1) is 11.8. The van der Waals surface area contributed by atoms with E-state index in [1.54, 1.807) is 36.7 Å². The number of pyridine rings is 1. The van der Waals surface area contributed by atoms with Crippen LogP contribution in [0.25, 0.3) is 11.4 Å². The minimum Gasteiger partial charge on any atom is -0.492 e. The van der Waals surface area contributed by atoms with Gasteiger partial charge in [-0.2, -0.15) is 4.80 Å². The third-order valence-corrected chi connectivity index (χ3v) is 3.14. The smallest absolute Gasteiger partial charge is 0.248 e. The van der Waals surface area contributed by atoms with Crippen LogP contribution in [0.3, 0.4) is 0 Å². The van der Waals surface area contributed by atoms with Gasteiger partial charge in [0, 0.05) is 18.0 Å². The second kappa shape index (κ2) is 7.32. The molecule has 0 unspecified atom stereocenters. The molecule has 2 aromatic heterocycles. The fourth-order valence-corrected chi connectivity index (χ4v) is 2.10. The number of nitrogens with one attached hydrogen (secondary N) is 1. The summed E-state index contributed by atoms with van der Waals surface area (Å²) in [6.07, 6.45) is 3.29. The molecule has 0 radical (unpaired) electrons. The lowest BCUT2D eigenvalue weighted by atomic mass is 10.3. The third kappa shape index (κ3) is 3.72. The van der Waals surface area contributed by atoms with Crippen molar-refractivity contribution in [2.45, 2.75) is 13.5 Å². The minimum atomic E-state index is -0.263. The Morgan fingerprint density at radius 2 is 2.00 bits per heavy atom. The quantitative estimate of drug-likeness (QED) is 0.742. The summed E-state index contributed by atoms with van der Waals surface area (Å²) in [7, 11) is 0. The molecule has 0 aliphatic carbocycles. The van der Waals surface area contributed by atoms with E-state index >= 15 is 0 Å². The number of tetrazole rings is 1. The first-order valence-corrected chi connectivity index (χ1v) is 7.46. The summed E-state index contributed by atoms with van der Waals surface area (Å²) in [6, 6.07) is 10.8. The zero-order chi connectivity index (χ0) is 16.8. The van der Waals surface area contributed by atoms with Crippen molar-refractivity contribution >= 4 is 11.6 Å². The Labute approximate surface area is 138 Å². The lowest BCUT2D eigenvalue weighted by molar-refractivity contribution is -0.117. The van der Waals surface area contributed by atoms with Gasteiger partial charge in [-0.25, -0.2) is 0 Å². The van der Waals surface area contributed by atoms with Gasteiger partial charge in [-0.05, 0) is 36.4 Å². The number of ether oxygens (including phenoxy) is 1. The summed E-state index contributed by atoms with van der Waals surface area (Å²) in [6.45, 7) is 2.36. The lowest BCUT2D eigenvalue weighted by Gasteiger charge is -2.10. The van der Waals surface area contributed by atoms with E-state index in [2.05, 4.69) is 25.7 Å². The van der Waals surface area contributed by atoms with Crippen molar-refractivity contribution in [3.63, 3.8) is 0 Å². The molecule has 3 aromatic rings. The number of para-hydroxylation sites is 2. The number of aromatic nitrogens is 5. The minimum absolute atomic E-state index is 0.0431. The molecule has 0 saturated carbocycles. The van der Waals surface area contributed by atoms with Crippen LogP contribution < -0.4 is 10.1 Å². The van der Waals surface area contributed by atoms with Crippen LogP contribution in [0.5, 0.6) is 5.75 Å². The number of benzene rings is 1. The molecule has 1 N–H and O–H groups in total. The molecule has 2 heterocycles. The number of amides is 1. The van der Waals surface area contributed by atoms with Gasteiger partial charge >= 0.3 is 0 Å². The van der Waals surface area contributed by atoms with E-state index < -0.39 is 0 Å². The SMILES string of the molecule is CCOc1ccccc1NC(=O)Cn1nnc(-c2ccncc2)n1. The molecule has 1 aromatic carbocycles. The summed E-state index contributed by atoms with van der Waals surface area (Å²) >= 11 is 0. The summed E-state index contributed by atoms with van der Waals surface area (Å²) in [5.74, 6) is 0.804. The van der Waals surface area contributed by atoms with Crippen LogP contribution in [0.2, 0.25) is 0 Å². The van der Waals surface area contributed by atoms with E-state index in [0.29, 0.717) is 23.9 Å². The van der Waals surface area contributed by atoms with Gasteiger partial charge in [-0.1, -0.05) is 12.1 Å². The Balaban J connectivity index is 1.67. The highest BCUT2D eigenvalue weighted by Gasteiger charge is 2.11. The van der Waals surface area contributed by atoms with Crippen LogP contribution in [0.15, 0.2) is 48.8 Å². The van der Waals surface area contributed by atoms with Crippen LogP contribution in [-0.2, 0) is 11.3 Å². The summed E-state index contributed by atoms with van der Waals surface area (Å²) < 4.78 is 5.48. The standard InChI is InChI=1S/C16H16N6O2/c1-2-24-14-6-4-3-5-13(14)18-15(23)11-22-20-16(19-21-22)12-7-9-17-10-8-12/h3-10H,2,11H2,1H3,(H,18,23). The molecule has 0 fully saturated rings. The van der Waals surface area contributed by atoms with Crippen molar-refractivity contribution in [2.24, 2.45) is 0 Å². The molecule has 0 atom stereocenters. The summed E-state index contributed by atoms with van der Waals surface area (Å²) in [4.78, 5) is 17.4. The topological polar surface area (TPSA) is 94.8 Å². The number of hydrogen-bond donors (Lipinski definition) is 1. The van der Waals surface area contributed by atoms with E-state index in [-0.39, 0.29) is 12.5 Å². The van der Waals surface area contributed by atoms with Gasteiger partial charge in [-0.15, -0.1) is 10.2 Å². The van der Waals surface area contributed by atoms with Crippen molar-refractivity contribution in [1.82, 2.24) is 25.2 Å². The molecule has 0 aliphatic rings. The highest BCUT2D eigenvalue weighted by molar-refractivity contribution is 5.92. The van der Waals surface area contributed by atoms with E-state index in [0.717, 1.165) is 5.56 Å². The predicted molar refractivity (Wildman–Crippen MR) is 87.3 cm³/mol. The van der Waals surface area contributed by atoms with Crippen molar-refractivity contribution in [1.29, 1.82) is 0 Å². The highest BCUT2D eigenvalue weighted by atomic mass is 16.5. The number of rotatable bonds is 6. The Morgan fingerprint density at radius 1 is 1.21 bits per heavy atom. The largest absolute Gasteiger partial charge is 0.492 e. The first-order valence-electron chi connectivity index (χ1n) is 7.46. The number of carbonyl (C=O) groups excluding carboxylic acids is 1. The van der Waals surface area contributed by atoms with Crippen LogP contribution in [-0.4, -0.2) is 37.7 Å². The maximum atomic E-state index is 12.2. The molecule has 8 nitrogen and oxygen atoms in total. The van der Waals surface area contributed by atoms with Crippen LogP contribution in [0, 0.1) is 0 Å². The average Bonchev–Trinajstić information content (AvgIpc) is 3.06. The fraction of sp³-hybridized carbons (Fsp3) is 0.188.